The molecule has 0 N–H and O–H groups in total. The quantitative estimate of drug-likeness (QED) is 0.306. The first-order valence-electron chi connectivity index (χ1n) is 13.7. The van der Waals surface area contributed by atoms with Crippen LogP contribution in [0.2, 0.25) is 0 Å². The average molecular weight is 592 g/mol. The van der Waals surface area contributed by atoms with E-state index in [-0.39, 0.29) is 36.2 Å². The van der Waals surface area contributed by atoms with Gasteiger partial charge in [0.25, 0.3) is 0 Å². The van der Waals surface area contributed by atoms with Gasteiger partial charge in [-0.2, -0.15) is 0 Å². The van der Waals surface area contributed by atoms with E-state index in [2.05, 4.69) is 0 Å². The molecule has 1 fully saturated rings. The summed E-state index contributed by atoms with van der Waals surface area (Å²) < 4.78 is 49.4. The summed E-state index contributed by atoms with van der Waals surface area (Å²) in [5.41, 5.74) is 1.59. The molecule has 0 atom stereocenters. The van der Waals surface area contributed by atoms with Crippen molar-refractivity contribution in [2.24, 2.45) is 0 Å². The molecule has 1 heterocycles. The van der Waals surface area contributed by atoms with Crippen molar-refractivity contribution in [2.75, 3.05) is 72.6 Å². The standard InChI is InChI=1S/C29H41N3O8S/c1-6-40-29(34)9-7-8-28(33)32-18-16-31(17-19-32)24-21-23(11-13-25(24)37-3)41(35,36)30(2)15-14-22-10-12-26(38-4)27(20-22)39-5/h10-13,20-21H,6-9,14-19H2,1-5H3. The lowest BCUT2D eigenvalue weighted by atomic mass is 10.1. The lowest BCUT2D eigenvalue weighted by Crippen LogP contribution is -2.48. The van der Waals surface area contributed by atoms with Gasteiger partial charge in [0.1, 0.15) is 5.75 Å². The minimum Gasteiger partial charge on any atom is -0.495 e. The summed E-state index contributed by atoms with van der Waals surface area (Å²) in [6, 6.07) is 10.4. The van der Waals surface area contributed by atoms with Crippen molar-refractivity contribution in [3.8, 4) is 17.2 Å². The van der Waals surface area contributed by atoms with E-state index in [9.17, 15) is 18.0 Å². The fraction of sp³-hybridized carbons (Fsp3) is 0.517. The Morgan fingerprint density at radius 3 is 2.17 bits per heavy atom. The van der Waals surface area contributed by atoms with Gasteiger partial charge in [-0.1, -0.05) is 6.07 Å². The summed E-state index contributed by atoms with van der Waals surface area (Å²) in [5, 5.41) is 0. The Balaban J connectivity index is 1.64. The number of amides is 1. The number of hydrogen-bond donors (Lipinski definition) is 0. The molecule has 0 unspecified atom stereocenters. The number of anilines is 1. The first-order valence-corrected chi connectivity index (χ1v) is 15.1. The molecule has 41 heavy (non-hydrogen) atoms. The Hall–Kier alpha value is -3.51. The predicted octanol–water partition coefficient (Wildman–Crippen LogP) is 2.96. The molecule has 2 aromatic carbocycles. The van der Waals surface area contributed by atoms with E-state index in [0.29, 0.717) is 68.6 Å². The molecule has 12 heteroatoms. The number of benzene rings is 2. The Labute approximate surface area is 243 Å². The van der Waals surface area contributed by atoms with Gasteiger partial charge in [-0.15, -0.1) is 0 Å². The zero-order valence-electron chi connectivity index (χ0n) is 24.6. The van der Waals surface area contributed by atoms with Crippen LogP contribution in [-0.4, -0.2) is 97.2 Å². The number of likely N-dealkylation sites (N-methyl/N-ethyl adjacent to an activating group) is 1. The summed E-state index contributed by atoms with van der Waals surface area (Å²) in [5.74, 6) is 1.47. The van der Waals surface area contributed by atoms with Crippen molar-refractivity contribution >= 4 is 27.6 Å². The SMILES string of the molecule is CCOC(=O)CCCC(=O)N1CCN(c2cc(S(=O)(=O)N(C)CCc3ccc(OC)c(OC)c3)ccc2OC)CC1. The lowest BCUT2D eigenvalue weighted by Gasteiger charge is -2.37. The van der Waals surface area contributed by atoms with Gasteiger partial charge in [0.15, 0.2) is 11.5 Å². The van der Waals surface area contributed by atoms with Crippen molar-refractivity contribution in [3.63, 3.8) is 0 Å². The van der Waals surface area contributed by atoms with Gasteiger partial charge < -0.3 is 28.7 Å². The second-order valence-electron chi connectivity index (χ2n) is 9.63. The minimum absolute atomic E-state index is 0.00616. The highest BCUT2D eigenvalue weighted by Gasteiger charge is 2.27. The van der Waals surface area contributed by atoms with Crippen LogP contribution in [0.1, 0.15) is 31.7 Å². The maximum absolute atomic E-state index is 13.5. The molecule has 1 aliphatic rings. The van der Waals surface area contributed by atoms with Gasteiger partial charge in [-0.25, -0.2) is 12.7 Å². The van der Waals surface area contributed by atoms with Crippen molar-refractivity contribution in [1.82, 2.24) is 9.21 Å². The van der Waals surface area contributed by atoms with Gasteiger partial charge in [0.05, 0.1) is 38.5 Å². The molecule has 1 aliphatic heterocycles. The molecule has 0 aromatic heterocycles. The lowest BCUT2D eigenvalue weighted by molar-refractivity contribution is -0.143. The number of ether oxygens (including phenoxy) is 4. The molecular weight excluding hydrogens is 550 g/mol. The van der Waals surface area contributed by atoms with Crippen LogP contribution < -0.4 is 19.1 Å². The van der Waals surface area contributed by atoms with Crippen LogP contribution in [0.3, 0.4) is 0 Å². The van der Waals surface area contributed by atoms with Gasteiger partial charge >= 0.3 is 5.97 Å². The molecular formula is C29H41N3O8S. The molecule has 1 saturated heterocycles. The van der Waals surface area contributed by atoms with Crippen LogP contribution in [0, 0.1) is 0 Å². The van der Waals surface area contributed by atoms with Crippen LogP contribution in [0.4, 0.5) is 5.69 Å². The second-order valence-corrected chi connectivity index (χ2v) is 11.7. The number of hydrogen-bond acceptors (Lipinski definition) is 9. The van der Waals surface area contributed by atoms with Gasteiger partial charge in [0, 0.05) is 52.6 Å². The molecule has 2 aromatic rings. The smallest absolute Gasteiger partial charge is 0.305 e. The van der Waals surface area contributed by atoms with Gasteiger partial charge in [0.2, 0.25) is 15.9 Å². The van der Waals surface area contributed by atoms with Crippen LogP contribution in [0.15, 0.2) is 41.3 Å². The highest BCUT2D eigenvalue weighted by atomic mass is 32.2. The Bertz CT molecular complexity index is 1290. The highest BCUT2D eigenvalue weighted by Crippen LogP contribution is 2.33. The van der Waals surface area contributed by atoms with E-state index >= 15 is 0 Å². The molecule has 11 nitrogen and oxygen atoms in total. The molecule has 226 valence electrons. The normalized spacial score (nSPS) is 13.7. The molecule has 0 aliphatic carbocycles. The third-order valence-electron chi connectivity index (χ3n) is 7.07. The number of rotatable bonds is 14. The number of methoxy groups -OCH3 is 3. The molecule has 0 saturated carbocycles. The summed E-state index contributed by atoms with van der Waals surface area (Å²) in [4.78, 5) is 28.1. The van der Waals surface area contributed by atoms with Crippen LogP contribution in [0.5, 0.6) is 17.2 Å². The number of carbonyl (C=O) groups is 2. The van der Waals surface area contributed by atoms with E-state index in [1.165, 1.54) is 4.31 Å². The maximum atomic E-state index is 13.5. The van der Waals surface area contributed by atoms with Crippen molar-refractivity contribution < 1.29 is 37.0 Å². The average Bonchev–Trinajstić information content (AvgIpc) is 2.99. The van der Waals surface area contributed by atoms with Crippen LogP contribution >= 0.6 is 0 Å². The van der Waals surface area contributed by atoms with Gasteiger partial charge in [-0.3, -0.25) is 9.59 Å². The first-order chi connectivity index (χ1) is 19.6. The second kappa shape index (κ2) is 14.9. The summed E-state index contributed by atoms with van der Waals surface area (Å²) in [6.45, 7) is 4.39. The molecule has 1 amide bonds. The fourth-order valence-electron chi connectivity index (χ4n) is 4.67. The Morgan fingerprint density at radius 1 is 0.878 bits per heavy atom. The molecule has 0 bridgehead atoms. The third-order valence-corrected chi connectivity index (χ3v) is 8.92. The summed E-state index contributed by atoms with van der Waals surface area (Å²) in [7, 11) is 2.46. The zero-order chi connectivity index (χ0) is 30.0. The fourth-order valence-corrected chi connectivity index (χ4v) is 5.86. The first kappa shape index (κ1) is 32.0. The maximum Gasteiger partial charge on any atom is 0.305 e. The molecule has 0 radical (unpaired) electrons. The van der Waals surface area contributed by atoms with Crippen LogP contribution in [0.25, 0.3) is 0 Å². The van der Waals surface area contributed by atoms with E-state index in [4.69, 9.17) is 18.9 Å². The topological polar surface area (TPSA) is 115 Å². The third kappa shape index (κ3) is 8.26. The Morgan fingerprint density at radius 2 is 1.54 bits per heavy atom. The van der Waals surface area contributed by atoms with Crippen molar-refractivity contribution in [2.45, 2.75) is 37.5 Å². The minimum atomic E-state index is -3.78. The van der Waals surface area contributed by atoms with E-state index in [1.807, 2.05) is 17.0 Å². The zero-order valence-corrected chi connectivity index (χ0v) is 25.4. The van der Waals surface area contributed by atoms with E-state index in [1.54, 1.807) is 64.5 Å². The largest absolute Gasteiger partial charge is 0.495 e. The Kier molecular flexibility index (Phi) is 11.7. The van der Waals surface area contributed by atoms with Crippen molar-refractivity contribution in [3.05, 3.63) is 42.0 Å². The highest BCUT2D eigenvalue weighted by molar-refractivity contribution is 7.89. The summed E-state index contributed by atoms with van der Waals surface area (Å²) >= 11 is 0. The monoisotopic (exact) mass is 591 g/mol. The van der Waals surface area contributed by atoms with Gasteiger partial charge in [-0.05, 0) is 55.7 Å². The number of carbonyl (C=O) groups excluding carboxylic acids is 2. The number of piperazine rings is 1. The van der Waals surface area contributed by atoms with E-state index < -0.39 is 10.0 Å². The summed E-state index contributed by atoms with van der Waals surface area (Å²) in [6.07, 6.45) is 1.45. The number of esters is 1. The number of sulfonamides is 1. The molecule has 0 spiro atoms. The molecule has 3 rings (SSSR count). The van der Waals surface area contributed by atoms with Crippen LogP contribution in [-0.2, 0) is 30.8 Å². The van der Waals surface area contributed by atoms with E-state index in [0.717, 1.165) is 5.56 Å². The predicted molar refractivity (Wildman–Crippen MR) is 155 cm³/mol. The van der Waals surface area contributed by atoms with Crippen molar-refractivity contribution in [1.29, 1.82) is 0 Å². The number of nitrogens with zero attached hydrogens (tertiary/aromatic N) is 3.